The Labute approximate surface area is 151 Å². The van der Waals surface area contributed by atoms with E-state index < -0.39 is 11.8 Å². The summed E-state index contributed by atoms with van der Waals surface area (Å²) in [5, 5.41) is 0.863. The van der Waals surface area contributed by atoms with Gasteiger partial charge in [0.15, 0.2) is 12.4 Å². The van der Waals surface area contributed by atoms with E-state index in [0.29, 0.717) is 11.3 Å². The van der Waals surface area contributed by atoms with Gasteiger partial charge in [0.2, 0.25) is 0 Å². The van der Waals surface area contributed by atoms with Crippen LogP contribution in [0.3, 0.4) is 0 Å². The van der Waals surface area contributed by atoms with Crippen molar-refractivity contribution < 1.29 is 18.7 Å². The fourth-order valence-corrected chi connectivity index (χ4v) is 2.62. The van der Waals surface area contributed by atoms with Crippen LogP contribution in [0.5, 0.6) is 5.75 Å². The highest BCUT2D eigenvalue weighted by atomic mass is 16.5. The van der Waals surface area contributed by atoms with Crippen LogP contribution in [0.1, 0.15) is 27.2 Å². The quantitative estimate of drug-likeness (QED) is 0.707. The van der Waals surface area contributed by atoms with E-state index >= 15 is 0 Å². The zero-order chi connectivity index (χ0) is 18.7. The van der Waals surface area contributed by atoms with Gasteiger partial charge in [0.25, 0.3) is 5.91 Å². The molecule has 0 saturated heterocycles. The van der Waals surface area contributed by atoms with Crippen molar-refractivity contribution in [1.82, 2.24) is 10.9 Å². The monoisotopic (exact) mass is 352 g/mol. The lowest BCUT2D eigenvalue weighted by Crippen LogP contribution is -2.43. The highest BCUT2D eigenvalue weighted by molar-refractivity contribution is 5.99. The van der Waals surface area contributed by atoms with E-state index in [1.165, 1.54) is 0 Å². The van der Waals surface area contributed by atoms with Crippen LogP contribution >= 0.6 is 0 Å². The van der Waals surface area contributed by atoms with Gasteiger partial charge in [0.1, 0.15) is 11.3 Å². The molecule has 0 fully saturated rings. The summed E-state index contributed by atoms with van der Waals surface area (Å²) in [4.78, 5) is 24.2. The van der Waals surface area contributed by atoms with Gasteiger partial charge in [0, 0.05) is 10.9 Å². The number of hydrogen-bond acceptors (Lipinski definition) is 4. The Hall–Kier alpha value is -3.28. The standard InChI is InChI=1S/C20H20N2O4/c1-12-8-9-13(2)17(10-12)25-11-18(23)21-22-20(24)19-14(3)15-6-4-5-7-16(15)26-19/h4-10H,11H2,1-3H3,(H,21,23)(H,22,24). The number of hydrazine groups is 1. The summed E-state index contributed by atoms with van der Waals surface area (Å²) < 4.78 is 11.1. The number of para-hydroxylation sites is 1. The van der Waals surface area contributed by atoms with Crippen LogP contribution in [0, 0.1) is 20.8 Å². The minimum atomic E-state index is -0.515. The van der Waals surface area contributed by atoms with Crippen molar-refractivity contribution in [2.45, 2.75) is 20.8 Å². The number of rotatable bonds is 4. The molecule has 0 atom stereocenters. The summed E-state index contributed by atoms with van der Waals surface area (Å²) in [6, 6.07) is 13.1. The van der Waals surface area contributed by atoms with Crippen LogP contribution in [0.2, 0.25) is 0 Å². The highest BCUT2D eigenvalue weighted by Crippen LogP contribution is 2.24. The molecule has 0 radical (unpaired) electrons. The summed E-state index contributed by atoms with van der Waals surface area (Å²) in [7, 11) is 0. The van der Waals surface area contributed by atoms with Crippen molar-refractivity contribution in [3.05, 3.63) is 64.9 Å². The molecular formula is C20H20N2O4. The number of carbonyl (C=O) groups is 2. The second-order valence-electron chi connectivity index (χ2n) is 6.11. The fraction of sp³-hybridized carbons (Fsp3) is 0.200. The third-order valence-corrected chi connectivity index (χ3v) is 4.07. The van der Waals surface area contributed by atoms with Crippen LogP contribution in [0.25, 0.3) is 11.0 Å². The number of furan rings is 1. The molecule has 0 aliphatic rings. The summed E-state index contributed by atoms with van der Waals surface area (Å²) in [6.45, 7) is 5.44. The summed E-state index contributed by atoms with van der Waals surface area (Å²) in [6.07, 6.45) is 0. The Bertz CT molecular complexity index is 975. The van der Waals surface area contributed by atoms with Crippen molar-refractivity contribution in [3.8, 4) is 5.75 Å². The van der Waals surface area contributed by atoms with Crippen LogP contribution in [-0.4, -0.2) is 18.4 Å². The highest BCUT2D eigenvalue weighted by Gasteiger charge is 2.17. The molecule has 2 amide bonds. The Morgan fingerprint density at radius 3 is 2.58 bits per heavy atom. The predicted molar refractivity (Wildman–Crippen MR) is 98.0 cm³/mol. The van der Waals surface area contributed by atoms with Gasteiger partial charge in [-0.05, 0) is 44.0 Å². The Balaban J connectivity index is 1.57. The maximum atomic E-state index is 12.3. The third-order valence-electron chi connectivity index (χ3n) is 4.07. The Morgan fingerprint density at radius 1 is 1.04 bits per heavy atom. The first kappa shape index (κ1) is 17.5. The van der Waals surface area contributed by atoms with Gasteiger partial charge in [-0.25, -0.2) is 0 Å². The van der Waals surface area contributed by atoms with E-state index in [9.17, 15) is 9.59 Å². The van der Waals surface area contributed by atoms with E-state index in [1.54, 1.807) is 13.0 Å². The van der Waals surface area contributed by atoms with E-state index in [-0.39, 0.29) is 12.4 Å². The van der Waals surface area contributed by atoms with Gasteiger partial charge < -0.3 is 9.15 Å². The van der Waals surface area contributed by atoms with E-state index in [4.69, 9.17) is 9.15 Å². The van der Waals surface area contributed by atoms with Crippen LogP contribution in [0.15, 0.2) is 46.9 Å². The zero-order valence-electron chi connectivity index (χ0n) is 14.9. The van der Waals surface area contributed by atoms with Crippen molar-refractivity contribution in [2.24, 2.45) is 0 Å². The van der Waals surface area contributed by atoms with Gasteiger partial charge in [-0.2, -0.15) is 0 Å². The molecule has 1 aromatic heterocycles. The Kier molecular flexibility index (Phi) is 4.93. The smallest absolute Gasteiger partial charge is 0.305 e. The first-order chi connectivity index (χ1) is 12.5. The molecule has 0 spiro atoms. The number of benzene rings is 2. The molecule has 26 heavy (non-hydrogen) atoms. The normalized spacial score (nSPS) is 10.6. The molecule has 6 heteroatoms. The lowest BCUT2D eigenvalue weighted by molar-refractivity contribution is -0.123. The molecule has 2 aromatic carbocycles. The summed E-state index contributed by atoms with van der Waals surface area (Å²) in [5.41, 5.74) is 8.01. The predicted octanol–water partition coefficient (Wildman–Crippen LogP) is 3.20. The number of hydrogen-bond donors (Lipinski definition) is 2. The number of fused-ring (bicyclic) bond motifs is 1. The molecule has 2 N–H and O–H groups in total. The molecule has 3 aromatic rings. The van der Waals surface area contributed by atoms with Crippen LogP contribution in [0.4, 0.5) is 0 Å². The molecule has 6 nitrogen and oxygen atoms in total. The maximum Gasteiger partial charge on any atom is 0.305 e. The molecule has 0 bridgehead atoms. The van der Waals surface area contributed by atoms with Gasteiger partial charge in [0.05, 0.1) is 0 Å². The number of nitrogens with one attached hydrogen (secondary N) is 2. The van der Waals surface area contributed by atoms with Gasteiger partial charge in [-0.3, -0.25) is 20.4 Å². The number of amides is 2. The number of aryl methyl sites for hydroxylation is 3. The van der Waals surface area contributed by atoms with Crippen molar-refractivity contribution >= 4 is 22.8 Å². The van der Waals surface area contributed by atoms with Crippen molar-refractivity contribution in [1.29, 1.82) is 0 Å². The van der Waals surface area contributed by atoms with Gasteiger partial charge in [-0.1, -0.05) is 30.3 Å². The average molecular weight is 352 g/mol. The number of ether oxygens (including phenoxy) is 1. The zero-order valence-corrected chi connectivity index (χ0v) is 14.9. The molecular weight excluding hydrogens is 332 g/mol. The summed E-state index contributed by atoms with van der Waals surface area (Å²) in [5.74, 6) is -0.173. The minimum Gasteiger partial charge on any atom is -0.483 e. The molecule has 3 rings (SSSR count). The lowest BCUT2D eigenvalue weighted by Gasteiger charge is -2.10. The third kappa shape index (κ3) is 3.69. The first-order valence-corrected chi connectivity index (χ1v) is 8.23. The van der Waals surface area contributed by atoms with Gasteiger partial charge >= 0.3 is 5.91 Å². The second kappa shape index (κ2) is 7.31. The minimum absolute atomic E-state index is 0.168. The Morgan fingerprint density at radius 2 is 1.81 bits per heavy atom. The SMILES string of the molecule is Cc1ccc(C)c(OCC(=O)NNC(=O)c2oc3ccccc3c2C)c1. The molecule has 1 heterocycles. The average Bonchev–Trinajstić information content (AvgIpc) is 2.97. The van der Waals surface area contributed by atoms with Crippen molar-refractivity contribution in [3.63, 3.8) is 0 Å². The molecule has 0 aliphatic heterocycles. The van der Waals surface area contributed by atoms with Gasteiger partial charge in [-0.15, -0.1) is 0 Å². The molecule has 0 saturated carbocycles. The number of carbonyl (C=O) groups excluding carboxylic acids is 2. The van der Waals surface area contributed by atoms with E-state index in [2.05, 4.69) is 10.9 Å². The largest absolute Gasteiger partial charge is 0.483 e. The second-order valence-corrected chi connectivity index (χ2v) is 6.11. The van der Waals surface area contributed by atoms with Crippen molar-refractivity contribution in [2.75, 3.05) is 6.61 Å². The van der Waals surface area contributed by atoms with Crippen LogP contribution < -0.4 is 15.6 Å². The lowest BCUT2D eigenvalue weighted by atomic mass is 10.1. The topological polar surface area (TPSA) is 80.6 Å². The fourth-order valence-electron chi connectivity index (χ4n) is 2.62. The van der Waals surface area contributed by atoms with Crippen LogP contribution in [-0.2, 0) is 4.79 Å². The first-order valence-electron chi connectivity index (χ1n) is 8.23. The summed E-state index contributed by atoms with van der Waals surface area (Å²) >= 11 is 0. The van der Waals surface area contributed by atoms with E-state index in [0.717, 1.165) is 22.1 Å². The van der Waals surface area contributed by atoms with E-state index in [1.807, 2.05) is 50.2 Å². The molecule has 0 aliphatic carbocycles. The maximum absolute atomic E-state index is 12.3. The molecule has 134 valence electrons. The molecule has 0 unspecified atom stereocenters.